The third kappa shape index (κ3) is 3.15. The van der Waals surface area contributed by atoms with Gasteiger partial charge in [0.1, 0.15) is 0 Å². The highest BCUT2D eigenvalue weighted by molar-refractivity contribution is 5.18. The zero-order valence-corrected chi connectivity index (χ0v) is 8.33. The molecule has 72 valence electrons. The van der Waals surface area contributed by atoms with Crippen molar-refractivity contribution in [2.45, 2.75) is 39.2 Å². The number of aryl methyl sites for hydroxylation is 1. The molecule has 13 heavy (non-hydrogen) atoms. The van der Waals surface area contributed by atoms with Crippen molar-refractivity contribution in [3.8, 4) is 0 Å². The van der Waals surface area contributed by atoms with Crippen molar-refractivity contribution in [2.24, 2.45) is 0 Å². The third-order valence-electron chi connectivity index (χ3n) is 2.17. The smallest absolute Gasteiger partial charge is 0.0595 e. The topological polar surface area (TPSA) is 33.1 Å². The molecule has 0 amide bonds. The molecule has 1 aromatic rings. The molecule has 0 aliphatic heterocycles. The summed E-state index contributed by atoms with van der Waals surface area (Å²) in [5, 5.41) is 9.59. The van der Waals surface area contributed by atoms with Crippen LogP contribution in [0.25, 0.3) is 0 Å². The maximum Gasteiger partial charge on any atom is 0.0595 e. The minimum Gasteiger partial charge on any atom is -0.393 e. The van der Waals surface area contributed by atoms with Gasteiger partial charge in [-0.15, -0.1) is 0 Å². The first kappa shape index (κ1) is 10.2. The van der Waals surface area contributed by atoms with Crippen molar-refractivity contribution in [3.05, 3.63) is 29.6 Å². The predicted octanol–water partition coefficient (Wildman–Crippen LogP) is 2.09. The molecule has 0 saturated carbocycles. The van der Waals surface area contributed by atoms with Gasteiger partial charge in [-0.2, -0.15) is 0 Å². The Hall–Kier alpha value is -0.890. The number of rotatable bonds is 4. The first-order valence-corrected chi connectivity index (χ1v) is 4.82. The minimum atomic E-state index is -0.237. The van der Waals surface area contributed by atoms with Crippen LogP contribution in [0.4, 0.5) is 0 Å². The standard InChI is InChI=1S/C11H17NO/c1-3-5-10(13)8-11-9(2)6-4-7-12-11/h4,6-7,10,13H,3,5,8H2,1-2H3. The van der Waals surface area contributed by atoms with Crippen LogP contribution in [0.2, 0.25) is 0 Å². The van der Waals surface area contributed by atoms with Crippen LogP contribution in [-0.4, -0.2) is 16.2 Å². The molecule has 0 aliphatic carbocycles. The molecule has 1 unspecified atom stereocenters. The summed E-state index contributed by atoms with van der Waals surface area (Å²) in [5.74, 6) is 0. The fraction of sp³-hybridized carbons (Fsp3) is 0.545. The van der Waals surface area contributed by atoms with Crippen molar-refractivity contribution < 1.29 is 5.11 Å². The summed E-state index contributed by atoms with van der Waals surface area (Å²) in [6.45, 7) is 4.11. The Bertz CT molecular complexity index is 260. The number of hydrogen-bond acceptors (Lipinski definition) is 2. The van der Waals surface area contributed by atoms with Crippen molar-refractivity contribution in [1.29, 1.82) is 0 Å². The predicted molar refractivity (Wildman–Crippen MR) is 53.6 cm³/mol. The summed E-state index contributed by atoms with van der Waals surface area (Å²) in [6.07, 6.45) is 4.10. The summed E-state index contributed by atoms with van der Waals surface area (Å²) in [5.41, 5.74) is 2.18. The first-order valence-electron chi connectivity index (χ1n) is 4.82. The third-order valence-corrected chi connectivity index (χ3v) is 2.17. The average molecular weight is 179 g/mol. The highest BCUT2D eigenvalue weighted by Gasteiger charge is 2.06. The molecule has 2 heteroatoms. The lowest BCUT2D eigenvalue weighted by Gasteiger charge is -2.09. The molecule has 1 N–H and O–H groups in total. The monoisotopic (exact) mass is 179 g/mol. The Kier molecular flexibility index (Phi) is 3.90. The zero-order chi connectivity index (χ0) is 9.68. The van der Waals surface area contributed by atoms with E-state index >= 15 is 0 Å². The Morgan fingerprint density at radius 1 is 1.54 bits per heavy atom. The van der Waals surface area contributed by atoms with E-state index in [9.17, 15) is 5.11 Å². The first-order chi connectivity index (χ1) is 6.24. The molecule has 0 saturated heterocycles. The van der Waals surface area contributed by atoms with Crippen LogP contribution >= 0.6 is 0 Å². The summed E-state index contributed by atoms with van der Waals surface area (Å²) in [4.78, 5) is 4.24. The van der Waals surface area contributed by atoms with E-state index in [1.807, 2.05) is 19.1 Å². The Balaban J connectivity index is 2.58. The number of nitrogens with zero attached hydrogens (tertiary/aromatic N) is 1. The Morgan fingerprint density at radius 3 is 2.92 bits per heavy atom. The lowest BCUT2D eigenvalue weighted by Crippen LogP contribution is -2.11. The second-order valence-corrected chi connectivity index (χ2v) is 3.41. The molecule has 1 atom stereocenters. The highest BCUT2D eigenvalue weighted by atomic mass is 16.3. The zero-order valence-electron chi connectivity index (χ0n) is 8.33. The Labute approximate surface area is 79.6 Å². The molecule has 1 aromatic heterocycles. The van der Waals surface area contributed by atoms with Gasteiger partial charge >= 0.3 is 0 Å². The summed E-state index contributed by atoms with van der Waals surface area (Å²) >= 11 is 0. The summed E-state index contributed by atoms with van der Waals surface area (Å²) < 4.78 is 0. The lowest BCUT2D eigenvalue weighted by molar-refractivity contribution is 0.162. The van der Waals surface area contributed by atoms with Crippen LogP contribution in [0.5, 0.6) is 0 Å². The van der Waals surface area contributed by atoms with E-state index in [0.717, 1.165) is 24.1 Å². The van der Waals surface area contributed by atoms with Gasteiger partial charge < -0.3 is 5.11 Å². The molecule has 1 heterocycles. The van der Waals surface area contributed by atoms with Crippen molar-refractivity contribution in [2.75, 3.05) is 0 Å². The van der Waals surface area contributed by atoms with Crippen LogP contribution in [0, 0.1) is 6.92 Å². The maximum absolute atomic E-state index is 9.59. The second kappa shape index (κ2) is 4.97. The number of pyridine rings is 1. The van der Waals surface area contributed by atoms with Gasteiger partial charge in [0.05, 0.1) is 6.10 Å². The minimum absolute atomic E-state index is 0.237. The molecular formula is C11H17NO. The van der Waals surface area contributed by atoms with Crippen molar-refractivity contribution in [3.63, 3.8) is 0 Å². The van der Waals surface area contributed by atoms with Gasteiger partial charge in [0, 0.05) is 18.3 Å². The van der Waals surface area contributed by atoms with E-state index in [-0.39, 0.29) is 6.10 Å². The van der Waals surface area contributed by atoms with E-state index < -0.39 is 0 Å². The molecular weight excluding hydrogens is 162 g/mol. The number of aromatic nitrogens is 1. The van der Waals surface area contributed by atoms with E-state index in [4.69, 9.17) is 0 Å². The number of aliphatic hydroxyl groups is 1. The lowest BCUT2D eigenvalue weighted by atomic mass is 10.1. The van der Waals surface area contributed by atoms with Gasteiger partial charge in [0.2, 0.25) is 0 Å². The number of hydrogen-bond donors (Lipinski definition) is 1. The van der Waals surface area contributed by atoms with Gasteiger partial charge in [-0.3, -0.25) is 4.98 Å². The van der Waals surface area contributed by atoms with Crippen LogP contribution in [-0.2, 0) is 6.42 Å². The van der Waals surface area contributed by atoms with Gasteiger partial charge in [0.25, 0.3) is 0 Å². The van der Waals surface area contributed by atoms with Crippen LogP contribution in [0.15, 0.2) is 18.3 Å². The maximum atomic E-state index is 9.59. The largest absolute Gasteiger partial charge is 0.393 e. The van der Waals surface area contributed by atoms with Gasteiger partial charge in [-0.05, 0) is 25.0 Å². The van der Waals surface area contributed by atoms with Crippen LogP contribution < -0.4 is 0 Å². The molecule has 0 bridgehead atoms. The SMILES string of the molecule is CCCC(O)Cc1ncccc1C. The van der Waals surface area contributed by atoms with E-state index in [2.05, 4.69) is 11.9 Å². The average Bonchev–Trinajstić information content (AvgIpc) is 2.09. The molecule has 2 nitrogen and oxygen atoms in total. The molecule has 0 spiro atoms. The van der Waals surface area contributed by atoms with E-state index in [0.29, 0.717) is 6.42 Å². The van der Waals surface area contributed by atoms with Gasteiger partial charge in [0.15, 0.2) is 0 Å². The van der Waals surface area contributed by atoms with Crippen LogP contribution in [0.3, 0.4) is 0 Å². The fourth-order valence-corrected chi connectivity index (χ4v) is 1.39. The molecule has 1 rings (SSSR count). The number of aliphatic hydroxyl groups excluding tert-OH is 1. The summed E-state index contributed by atoms with van der Waals surface area (Å²) in [7, 11) is 0. The summed E-state index contributed by atoms with van der Waals surface area (Å²) in [6, 6.07) is 3.95. The van der Waals surface area contributed by atoms with Gasteiger partial charge in [-0.1, -0.05) is 19.4 Å². The molecule has 0 radical (unpaired) electrons. The quantitative estimate of drug-likeness (QED) is 0.767. The fourth-order valence-electron chi connectivity index (χ4n) is 1.39. The molecule has 0 fully saturated rings. The Morgan fingerprint density at radius 2 is 2.31 bits per heavy atom. The van der Waals surface area contributed by atoms with Crippen molar-refractivity contribution >= 4 is 0 Å². The van der Waals surface area contributed by atoms with E-state index in [1.54, 1.807) is 6.20 Å². The van der Waals surface area contributed by atoms with Crippen LogP contribution in [0.1, 0.15) is 31.0 Å². The second-order valence-electron chi connectivity index (χ2n) is 3.41. The van der Waals surface area contributed by atoms with Gasteiger partial charge in [-0.25, -0.2) is 0 Å². The van der Waals surface area contributed by atoms with E-state index in [1.165, 1.54) is 0 Å². The normalized spacial score (nSPS) is 12.8. The molecule has 0 aliphatic rings. The highest BCUT2D eigenvalue weighted by Crippen LogP contribution is 2.08. The van der Waals surface area contributed by atoms with Crippen molar-refractivity contribution in [1.82, 2.24) is 4.98 Å². The molecule has 0 aromatic carbocycles.